The highest BCUT2D eigenvalue weighted by molar-refractivity contribution is 7.98. The molecule has 0 aliphatic heterocycles. The number of methoxy groups -OCH3 is 1. The van der Waals surface area contributed by atoms with Gasteiger partial charge in [-0.05, 0) is 44.0 Å². The van der Waals surface area contributed by atoms with Crippen LogP contribution in [0, 0.1) is 0 Å². The summed E-state index contributed by atoms with van der Waals surface area (Å²) in [5.74, 6) is 2.20. The predicted molar refractivity (Wildman–Crippen MR) is 124 cm³/mol. The molecule has 0 saturated heterocycles. The fourth-order valence-electron chi connectivity index (χ4n) is 2.98. The third-order valence-corrected chi connectivity index (χ3v) is 5.71. The second-order valence-electron chi connectivity index (χ2n) is 7.50. The Morgan fingerprint density at radius 3 is 2.27 bits per heavy atom. The summed E-state index contributed by atoms with van der Waals surface area (Å²) < 4.78 is 5.21. The molecule has 1 N–H and O–H groups in total. The number of carbonyl (C=O) groups is 2. The maximum absolute atomic E-state index is 13.0. The van der Waals surface area contributed by atoms with Gasteiger partial charge in [-0.25, -0.2) is 0 Å². The van der Waals surface area contributed by atoms with E-state index in [-0.39, 0.29) is 17.9 Å². The van der Waals surface area contributed by atoms with Crippen molar-refractivity contribution in [3.05, 3.63) is 65.7 Å². The van der Waals surface area contributed by atoms with Crippen LogP contribution in [0.15, 0.2) is 54.6 Å². The van der Waals surface area contributed by atoms with Gasteiger partial charge in [-0.3, -0.25) is 9.59 Å². The van der Waals surface area contributed by atoms with Gasteiger partial charge in [0.1, 0.15) is 11.8 Å². The van der Waals surface area contributed by atoms with Gasteiger partial charge in [-0.2, -0.15) is 11.8 Å². The van der Waals surface area contributed by atoms with Gasteiger partial charge in [-0.1, -0.05) is 42.5 Å². The van der Waals surface area contributed by atoms with Gasteiger partial charge < -0.3 is 15.0 Å². The molecule has 2 rings (SSSR count). The number of hydrogen-bond donors (Lipinski definition) is 1. The quantitative estimate of drug-likeness (QED) is 0.543. The van der Waals surface area contributed by atoms with E-state index >= 15 is 0 Å². The number of benzene rings is 2. The number of nitrogens with one attached hydrogen (secondary N) is 1. The number of ether oxygens (including phenoxy) is 1. The molecule has 1 atom stereocenters. The number of nitrogens with zero attached hydrogens (tertiary/aromatic N) is 1. The second kappa shape index (κ2) is 12.3. The summed E-state index contributed by atoms with van der Waals surface area (Å²) in [5.41, 5.74) is 2.21. The zero-order valence-electron chi connectivity index (χ0n) is 18.3. The van der Waals surface area contributed by atoms with E-state index in [1.807, 2.05) is 56.3 Å². The van der Waals surface area contributed by atoms with E-state index in [0.717, 1.165) is 17.1 Å². The third kappa shape index (κ3) is 7.75. The Labute approximate surface area is 184 Å². The molecule has 6 heteroatoms. The molecule has 0 aliphatic carbocycles. The van der Waals surface area contributed by atoms with Crippen molar-refractivity contribution >= 4 is 23.6 Å². The summed E-state index contributed by atoms with van der Waals surface area (Å²) in [6.07, 6.45) is 0.396. The molecule has 0 heterocycles. The molecule has 0 fully saturated rings. The zero-order chi connectivity index (χ0) is 21.9. The molecule has 2 aromatic rings. The molecular weight excluding hydrogens is 396 g/mol. The van der Waals surface area contributed by atoms with Crippen molar-refractivity contribution in [2.45, 2.75) is 51.6 Å². The molecule has 1 unspecified atom stereocenters. The van der Waals surface area contributed by atoms with Crippen molar-refractivity contribution in [3.8, 4) is 5.75 Å². The van der Waals surface area contributed by atoms with Crippen LogP contribution in [-0.4, -0.2) is 41.7 Å². The first kappa shape index (κ1) is 23.8. The molecule has 162 valence electrons. The summed E-state index contributed by atoms with van der Waals surface area (Å²) in [5, 5.41) is 2.91. The Kier molecular flexibility index (Phi) is 9.74. The van der Waals surface area contributed by atoms with Crippen molar-refractivity contribution < 1.29 is 14.3 Å². The molecule has 0 saturated carbocycles. The molecule has 2 amide bonds. The molecule has 0 radical (unpaired) electrons. The fourth-order valence-corrected chi connectivity index (χ4v) is 3.87. The minimum atomic E-state index is -0.541. The first-order valence-electron chi connectivity index (χ1n) is 10.2. The van der Waals surface area contributed by atoms with Crippen molar-refractivity contribution in [3.63, 3.8) is 0 Å². The topological polar surface area (TPSA) is 58.6 Å². The minimum absolute atomic E-state index is 0.0159. The highest BCUT2D eigenvalue weighted by Gasteiger charge is 2.26. The summed E-state index contributed by atoms with van der Waals surface area (Å²) in [4.78, 5) is 27.3. The molecule has 0 bridgehead atoms. The van der Waals surface area contributed by atoms with Crippen LogP contribution >= 0.6 is 11.8 Å². The molecule has 2 aromatic carbocycles. The Hall–Kier alpha value is -2.47. The van der Waals surface area contributed by atoms with Gasteiger partial charge in [-0.15, -0.1) is 0 Å². The van der Waals surface area contributed by atoms with Crippen molar-refractivity contribution in [1.82, 2.24) is 10.2 Å². The number of hydrogen-bond acceptors (Lipinski definition) is 4. The van der Waals surface area contributed by atoms with E-state index in [9.17, 15) is 9.59 Å². The molecular formula is C24H32N2O3S. The second-order valence-corrected chi connectivity index (χ2v) is 8.60. The van der Waals surface area contributed by atoms with Crippen LogP contribution in [0.1, 0.15) is 38.3 Å². The average Bonchev–Trinajstić information content (AvgIpc) is 2.75. The maximum atomic E-state index is 13.0. The smallest absolute Gasteiger partial charge is 0.242 e. The Morgan fingerprint density at radius 1 is 1.00 bits per heavy atom. The fraction of sp³-hybridized carbons (Fsp3) is 0.417. The van der Waals surface area contributed by atoms with E-state index < -0.39 is 6.04 Å². The standard InChI is InChI=1S/C24H32N2O3S/c1-18(2)25-24(28)19(3)26(16-20-10-12-22(29-4)13-11-20)23(27)14-15-30-17-21-8-6-5-7-9-21/h5-13,18-19H,14-17H2,1-4H3,(H,25,28). The van der Waals surface area contributed by atoms with Crippen LogP contribution in [0.3, 0.4) is 0 Å². The minimum Gasteiger partial charge on any atom is -0.497 e. The Morgan fingerprint density at radius 2 is 1.67 bits per heavy atom. The Balaban J connectivity index is 2.00. The number of carbonyl (C=O) groups excluding carboxylic acids is 2. The van der Waals surface area contributed by atoms with Crippen LogP contribution in [0.4, 0.5) is 0 Å². The number of thioether (sulfide) groups is 1. The van der Waals surface area contributed by atoms with Gasteiger partial charge in [0.2, 0.25) is 11.8 Å². The SMILES string of the molecule is COc1ccc(CN(C(=O)CCSCc2ccccc2)C(C)C(=O)NC(C)C)cc1. The summed E-state index contributed by atoms with van der Waals surface area (Å²) in [6.45, 7) is 6.01. The number of rotatable bonds is 11. The third-order valence-electron chi connectivity index (χ3n) is 4.68. The summed E-state index contributed by atoms with van der Waals surface area (Å²) in [7, 11) is 1.62. The summed E-state index contributed by atoms with van der Waals surface area (Å²) >= 11 is 1.73. The largest absolute Gasteiger partial charge is 0.497 e. The number of amides is 2. The van der Waals surface area contributed by atoms with Crippen molar-refractivity contribution in [1.29, 1.82) is 0 Å². The lowest BCUT2D eigenvalue weighted by Crippen LogP contribution is -2.49. The summed E-state index contributed by atoms with van der Waals surface area (Å²) in [6, 6.07) is 17.3. The highest BCUT2D eigenvalue weighted by atomic mass is 32.2. The predicted octanol–water partition coefficient (Wildman–Crippen LogP) is 4.26. The van der Waals surface area contributed by atoms with E-state index in [4.69, 9.17) is 4.74 Å². The van der Waals surface area contributed by atoms with Crippen molar-refractivity contribution in [2.24, 2.45) is 0 Å². The van der Waals surface area contributed by atoms with E-state index in [1.165, 1.54) is 5.56 Å². The van der Waals surface area contributed by atoms with Crippen LogP contribution in [0.5, 0.6) is 5.75 Å². The molecule has 5 nitrogen and oxygen atoms in total. The van der Waals surface area contributed by atoms with Gasteiger partial charge in [0.25, 0.3) is 0 Å². The van der Waals surface area contributed by atoms with Crippen LogP contribution in [0.2, 0.25) is 0 Å². The monoisotopic (exact) mass is 428 g/mol. The lowest BCUT2D eigenvalue weighted by Gasteiger charge is -2.29. The van der Waals surface area contributed by atoms with Gasteiger partial charge in [0.15, 0.2) is 0 Å². The first-order valence-corrected chi connectivity index (χ1v) is 11.4. The Bertz CT molecular complexity index is 794. The molecule has 0 aliphatic rings. The van der Waals surface area contributed by atoms with E-state index in [2.05, 4.69) is 17.4 Å². The lowest BCUT2D eigenvalue weighted by molar-refractivity contribution is -0.140. The average molecular weight is 429 g/mol. The first-order chi connectivity index (χ1) is 14.4. The molecule has 30 heavy (non-hydrogen) atoms. The van der Waals surface area contributed by atoms with Crippen LogP contribution in [0.25, 0.3) is 0 Å². The van der Waals surface area contributed by atoms with Crippen LogP contribution in [-0.2, 0) is 21.9 Å². The lowest BCUT2D eigenvalue weighted by atomic mass is 10.1. The highest BCUT2D eigenvalue weighted by Crippen LogP contribution is 2.18. The van der Waals surface area contributed by atoms with E-state index in [0.29, 0.717) is 18.7 Å². The molecule has 0 aromatic heterocycles. The molecule has 0 spiro atoms. The van der Waals surface area contributed by atoms with E-state index in [1.54, 1.807) is 30.7 Å². The van der Waals surface area contributed by atoms with Crippen LogP contribution < -0.4 is 10.1 Å². The van der Waals surface area contributed by atoms with Crippen molar-refractivity contribution in [2.75, 3.05) is 12.9 Å². The van der Waals surface area contributed by atoms with Gasteiger partial charge >= 0.3 is 0 Å². The zero-order valence-corrected chi connectivity index (χ0v) is 19.1. The maximum Gasteiger partial charge on any atom is 0.242 e. The normalized spacial score (nSPS) is 11.8. The van der Waals surface area contributed by atoms with Gasteiger partial charge in [0, 0.05) is 30.5 Å². The van der Waals surface area contributed by atoms with Gasteiger partial charge in [0.05, 0.1) is 7.11 Å².